The van der Waals surface area contributed by atoms with E-state index in [2.05, 4.69) is 10.3 Å². The quantitative estimate of drug-likeness (QED) is 0.459. The number of halogens is 1. The second kappa shape index (κ2) is 7.75. The van der Waals surface area contributed by atoms with Crippen molar-refractivity contribution in [2.24, 2.45) is 5.73 Å². The average molecular weight is 367 g/mol. The highest BCUT2D eigenvalue weighted by molar-refractivity contribution is 8.00. The fraction of sp³-hybridized carbons (Fsp3) is 0.0714. The highest BCUT2D eigenvalue weighted by Crippen LogP contribution is 2.30. The SMILES string of the molecule is NC(=O)c1ccc(SCC(=O)Nc2ccc(Cl)cn2)c([N+](=O)[O-])c1. The minimum absolute atomic E-state index is 0.0286. The second-order valence-corrected chi connectivity index (χ2v) is 5.96. The minimum Gasteiger partial charge on any atom is -0.366 e. The highest BCUT2D eigenvalue weighted by atomic mass is 35.5. The molecule has 2 amide bonds. The summed E-state index contributed by atoms with van der Waals surface area (Å²) in [7, 11) is 0. The van der Waals surface area contributed by atoms with Crippen LogP contribution in [0.25, 0.3) is 0 Å². The number of hydrogen-bond acceptors (Lipinski definition) is 6. The van der Waals surface area contributed by atoms with Crippen molar-refractivity contribution in [2.45, 2.75) is 4.90 Å². The van der Waals surface area contributed by atoms with E-state index < -0.39 is 10.8 Å². The van der Waals surface area contributed by atoms with E-state index in [0.29, 0.717) is 10.8 Å². The highest BCUT2D eigenvalue weighted by Gasteiger charge is 2.18. The molecule has 0 saturated carbocycles. The first kappa shape index (κ1) is 17.7. The molecule has 0 aliphatic rings. The minimum atomic E-state index is -0.763. The Morgan fingerprint density at radius 1 is 1.33 bits per heavy atom. The number of benzene rings is 1. The van der Waals surface area contributed by atoms with Gasteiger partial charge in [-0.15, -0.1) is 11.8 Å². The maximum absolute atomic E-state index is 11.9. The molecule has 0 spiro atoms. The van der Waals surface area contributed by atoms with Gasteiger partial charge in [-0.2, -0.15) is 0 Å². The number of nitro groups is 1. The van der Waals surface area contributed by atoms with Crippen molar-refractivity contribution in [2.75, 3.05) is 11.1 Å². The van der Waals surface area contributed by atoms with Gasteiger partial charge < -0.3 is 11.1 Å². The Morgan fingerprint density at radius 3 is 2.67 bits per heavy atom. The number of hydrogen-bond donors (Lipinski definition) is 2. The topological polar surface area (TPSA) is 128 Å². The number of pyridine rings is 1. The number of anilines is 1. The van der Waals surface area contributed by atoms with Crippen LogP contribution in [0.4, 0.5) is 11.5 Å². The Labute approximate surface area is 145 Å². The van der Waals surface area contributed by atoms with Gasteiger partial charge in [0, 0.05) is 17.8 Å². The molecule has 10 heteroatoms. The molecule has 124 valence electrons. The molecule has 0 saturated heterocycles. The van der Waals surface area contributed by atoms with E-state index in [0.717, 1.165) is 17.8 Å². The van der Waals surface area contributed by atoms with Gasteiger partial charge in [-0.1, -0.05) is 11.6 Å². The number of nitrogens with two attached hydrogens (primary N) is 1. The zero-order chi connectivity index (χ0) is 17.7. The summed E-state index contributed by atoms with van der Waals surface area (Å²) in [4.78, 5) is 37.6. The summed E-state index contributed by atoms with van der Waals surface area (Å²) < 4.78 is 0. The number of thioether (sulfide) groups is 1. The molecule has 3 N–H and O–H groups in total. The molecule has 2 rings (SSSR count). The third-order valence-corrected chi connectivity index (χ3v) is 4.08. The van der Waals surface area contributed by atoms with Crippen molar-refractivity contribution < 1.29 is 14.5 Å². The van der Waals surface area contributed by atoms with Gasteiger partial charge in [0.05, 0.1) is 20.6 Å². The van der Waals surface area contributed by atoms with E-state index in [-0.39, 0.29) is 27.8 Å². The molecule has 1 aromatic heterocycles. The van der Waals surface area contributed by atoms with E-state index in [9.17, 15) is 19.7 Å². The number of nitrogens with one attached hydrogen (secondary N) is 1. The van der Waals surface area contributed by atoms with Crippen LogP contribution in [0.1, 0.15) is 10.4 Å². The lowest BCUT2D eigenvalue weighted by atomic mass is 10.2. The van der Waals surface area contributed by atoms with E-state index in [1.165, 1.54) is 24.4 Å². The standard InChI is InChI=1S/C14H11ClN4O4S/c15-9-2-4-12(17-6-9)18-13(20)7-24-11-3-1-8(14(16)21)5-10(11)19(22)23/h1-6H,7H2,(H2,16,21)(H,17,18,20). The molecule has 0 unspecified atom stereocenters. The summed E-state index contributed by atoms with van der Waals surface area (Å²) in [6, 6.07) is 6.95. The van der Waals surface area contributed by atoms with Crippen LogP contribution >= 0.6 is 23.4 Å². The van der Waals surface area contributed by atoms with Crippen LogP contribution in [-0.4, -0.2) is 27.5 Å². The van der Waals surface area contributed by atoms with Gasteiger partial charge in [0.1, 0.15) is 5.82 Å². The summed E-state index contributed by atoms with van der Waals surface area (Å²) in [5.74, 6) is -0.894. The number of rotatable bonds is 6. The van der Waals surface area contributed by atoms with Crippen molar-refractivity contribution in [1.29, 1.82) is 0 Å². The van der Waals surface area contributed by atoms with Gasteiger partial charge in [0.2, 0.25) is 11.8 Å². The lowest BCUT2D eigenvalue weighted by molar-refractivity contribution is -0.387. The summed E-state index contributed by atoms with van der Waals surface area (Å²) >= 11 is 6.66. The van der Waals surface area contributed by atoms with Crippen molar-refractivity contribution >= 4 is 46.7 Å². The zero-order valence-corrected chi connectivity index (χ0v) is 13.6. The molecule has 2 aromatic rings. The van der Waals surface area contributed by atoms with Crippen molar-refractivity contribution in [3.8, 4) is 0 Å². The number of primary amides is 1. The molecule has 24 heavy (non-hydrogen) atoms. The largest absolute Gasteiger partial charge is 0.366 e. The number of nitrogens with zero attached hydrogens (tertiary/aromatic N) is 2. The number of nitro benzene ring substituents is 1. The summed E-state index contributed by atoms with van der Waals surface area (Å²) in [6.07, 6.45) is 1.39. The molecule has 0 bridgehead atoms. The van der Waals surface area contributed by atoms with Gasteiger partial charge in [0.15, 0.2) is 0 Å². The molecule has 0 atom stereocenters. The molecular weight excluding hydrogens is 356 g/mol. The maximum atomic E-state index is 11.9. The fourth-order valence-corrected chi connectivity index (χ4v) is 2.62. The Bertz CT molecular complexity index is 798. The summed E-state index contributed by atoms with van der Waals surface area (Å²) in [5, 5.41) is 14.1. The maximum Gasteiger partial charge on any atom is 0.283 e. The smallest absolute Gasteiger partial charge is 0.283 e. The third-order valence-electron chi connectivity index (χ3n) is 2.79. The second-order valence-electron chi connectivity index (χ2n) is 4.50. The molecule has 0 aliphatic carbocycles. The number of carbonyl (C=O) groups excluding carboxylic acids is 2. The predicted molar refractivity (Wildman–Crippen MR) is 90.2 cm³/mol. The zero-order valence-electron chi connectivity index (χ0n) is 12.1. The van der Waals surface area contributed by atoms with Crippen LogP contribution in [0.3, 0.4) is 0 Å². The molecule has 1 aromatic carbocycles. The molecule has 0 radical (unpaired) electrons. The van der Waals surface area contributed by atoms with Crippen LogP contribution in [0.15, 0.2) is 41.4 Å². The number of carbonyl (C=O) groups is 2. The van der Waals surface area contributed by atoms with Crippen LogP contribution in [-0.2, 0) is 4.79 Å². The van der Waals surface area contributed by atoms with Crippen molar-refractivity contribution in [3.63, 3.8) is 0 Å². The fourth-order valence-electron chi connectivity index (χ4n) is 1.71. The molecule has 0 fully saturated rings. The average Bonchev–Trinajstić information content (AvgIpc) is 2.54. The van der Waals surface area contributed by atoms with E-state index >= 15 is 0 Å². The Balaban J connectivity index is 2.05. The van der Waals surface area contributed by atoms with Gasteiger partial charge in [-0.25, -0.2) is 4.98 Å². The van der Waals surface area contributed by atoms with Crippen LogP contribution < -0.4 is 11.1 Å². The molecule has 0 aliphatic heterocycles. The van der Waals surface area contributed by atoms with E-state index in [4.69, 9.17) is 17.3 Å². The third kappa shape index (κ3) is 4.67. The number of amides is 2. The Hall–Kier alpha value is -2.65. The first-order valence-electron chi connectivity index (χ1n) is 6.49. The molecule has 8 nitrogen and oxygen atoms in total. The van der Waals surface area contributed by atoms with E-state index in [1.54, 1.807) is 6.07 Å². The van der Waals surface area contributed by atoms with Gasteiger partial charge in [-0.3, -0.25) is 19.7 Å². The Morgan fingerprint density at radius 2 is 2.08 bits per heavy atom. The van der Waals surface area contributed by atoms with Crippen LogP contribution in [0.2, 0.25) is 5.02 Å². The van der Waals surface area contributed by atoms with E-state index in [1.807, 2.05) is 0 Å². The lowest BCUT2D eigenvalue weighted by Gasteiger charge is -2.06. The van der Waals surface area contributed by atoms with Crippen molar-refractivity contribution in [3.05, 3.63) is 57.2 Å². The summed E-state index contributed by atoms with van der Waals surface area (Å²) in [6.45, 7) is 0. The normalized spacial score (nSPS) is 10.2. The van der Waals surface area contributed by atoms with Gasteiger partial charge >= 0.3 is 0 Å². The summed E-state index contributed by atoms with van der Waals surface area (Å²) in [5.41, 5.74) is 4.85. The first-order chi connectivity index (χ1) is 11.4. The van der Waals surface area contributed by atoms with Crippen molar-refractivity contribution in [1.82, 2.24) is 4.98 Å². The lowest BCUT2D eigenvalue weighted by Crippen LogP contribution is -2.15. The number of aromatic nitrogens is 1. The Kier molecular flexibility index (Phi) is 5.72. The predicted octanol–water partition coefficient (Wildman–Crippen LogP) is 2.47. The van der Waals surface area contributed by atoms with Gasteiger partial charge in [0.25, 0.3) is 5.69 Å². The molecule has 1 heterocycles. The van der Waals surface area contributed by atoms with Gasteiger partial charge in [-0.05, 0) is 24.3 Å². The molecular formula is C14H11ClN4O4S. The van der Waals surface area contributed by atoms with Crippen LogP contribution in [0, 0.1) is 10.1 Å². The monoisotopic (exact) mass is 366 g/mol. The first-order valence-corrected chi connectivity index (χ1v) is 7.85. The van der Waals surface area contributed by atoms with Crippen LogP contribution in [0.5, 0.6) is 0 Å².